The Morgan fingerprint density at radius 1 is 1.39 bits per heavy atom. The Kier molecular flexibility index (Phi) is 5.64. The fourth-order valence-electron chi connectivity index (χ4n) is 2.17. The molecule has 0 heterocycles. The lowest BCUT2D eigenvalue weighted by molar-refractivity contribution is -0.119. The summed E-state index contributed by atoms with van der Waals surface area (Å²) in [5.74, 6) is -0.566. The molecule has 0 aromatic heterocycles. The molecular formula is C16H24N2O4S. The number of phenols is 1. The van der Waals surface area contributed by atoms with Crippen molar-refractivity contribution in [3.63, 3.8) is 0 Å². The zero-order valence-corrected chi connectivity index (χ0v) is 14.3. The third kappa shape index (κ3) is 4.94. The number of rotatable bonds is 8. The van der Waals surface area contributed by atoms with Crippen LogP contribution in [-0.2, 0) is 14.8 Å². The van der Waals surface area contributed by atoms with E-state index in [2.05, 4.69) is 17.0 Å². The summed E-state index contributed by atoms with van der Waals surface area (Å²) in [6, 6.07) is 3.91. The van der Waals surface area contributed by atoms with Gasteiger partial charge in [0.2, 0.25) is 15.9 Å². The number of carbonyl (C=O) groups excluding carboxylic acids is 1. The molecule has 3 N–H and O–H groups in total. The highest BCUT2D eigenvalue weighted by molar-refractivity contribution is 7.89. The lowest BCUT2D eigenvalue weighted by atomic mass is 10.0. The molecule has 1 atom stereocenters. The van der Waals surface area contributed by atoms with Gasteiger partial charge >= 0.3 is 0 Å². The van der Waals surface area contributed by atoms with Gasteiger partial charge in [-0.3, -0.25) is 4.79 Å². The number of unbranched alkanes of at least 4 members (excludes halogenated alkanes) is 1. The third-order valence-electron chi connectivity index (χ3n) is 3.87. The van der Waals surface area contributed by atoms with E-state index >= 15 is 0 Å². The topological polar surface area (TPSA) is 95.5 Å². The molecule has 23 heavy (non-hydrogen) atoms. The molecule has 0 radical (unpaired) electrons. The van der Waals surface area contributed by atoms with Crippen LogP contribution in [0.3, 0.4) is 0 Å². The first-order chi connectivity index (χ1) is 10.8. The summed E-state index contributed by atoms with van der Waals surface area (Å²) in [6.45, 7) is 3.87. The first-order valence-corrected chi connectivity index (χ1v) is 9.48. The van der Waals surface area contributed by atoms with Crippen LogP contribution in [0.15, 0.2) is 23.1 Å². The highest BCUT2D eigenvalue weighted by Crippen LogP contribution is 2.29. The minimum Gasteiger partial charge on any atom is -0.506 e. The van der Waals surface area contributed by atoms with Crippen molar-refractivity contribution in [1.29, 1.82) is 0 Å². The van der Waals surface area contributed by atoms with Gasteiger partial charge in [0.1, 0.15) is 5.75 Å². The predicted octanol–water partition coefficient (Wildman–Crippen LogP) is 2.60. The van der Waals surface area contributed by atoms with Crippen molar-refractivity contribution in [3.05, 3.63) is 18.2 Å². The molecule has 6 nitrogen and oxygen atoms in total. The maximum absolute atomic E-state index is 12.2. The third-order valence-corrected chi connectivity index (χ3v) is 5.39. The normalized spacial score (nSPS) is 16.1. The van der Waals surface area contributed by atoms with E-state index in [1.54, 1.807) is 0 Å². The van der Waals surface area contributed by atoms with Crippen molar-refractivity contribution in [2.75, 3.05) is 5.32 Å². The Morgan fingerprint density at radius 2 is 2.09 bits per heavy atom. The highest BCUT2D eigenvalue weighted by atomic mass is 32.2. The molecule has 7 heteroatoms. The number of hydrogen-bond acceptors (Lipinski definition) is 4. The molecule has 1 unspecified atom stereocenters. The number of amides is 1. The van der Waals surface area contributed by atoms with Gasteiger partial charge in [-0.1, -0.05) is 26.7 Å². The lowest BCUT2D eigenvalue weighted by Gasteiger charge is -2.14. The molecule has 0 spiro atoms. The average Bonchev–Trinajstić information content (AvgIpc) is 3.29. The van der Waals surface area contributed by atoms with Crippen molar-refractivity contribution >= 4 is 21.6 Å². The van der Waals surface area contributed by atoms with Crippen LogP contribution in [0, 0.1) is 5.92 Å². The fraction of sp³-hybridized carbons (Fsp3) is 0.562. The van der Waals surface area contributed by atoms with Gasteiger partial charge in [-0.15, -0.1) is 0 Å². The molecule has 128 valence electrons. The average molecular weight is 340 g/mol. The largest absolute Gasteiger partial charge is 0.506 e. The van der Waals surface area contributed by atoms with E-state index in [0.29, 0.717) is 0 Å². The monoisotopic (exact) mass is 340 g/mol. The predicted molar refractivity (Wildman–Crippen MR) is 88.8 cm³/mol. The minimum atomic E-state index is -3.62. The molecule has 0 bridgehead atoms. The highest BCUT2D eigenvalue weighted by Gasteiger charge is 2.28. The second-order valence-corrected chi connectivity index (χ2v) is 7.82. The Hall–Kier alpha value is -1.60. The van der Waals surface area contributed by atoms with Crippen LogP contribution < -0.4 is 10.0 Å². The number of nitrogens with one attached hydrogen (secondary N) is 2. The van der Waals surface area contributed by atoms with Crippen LogP contribution >= 0.6 is 0 Å². The second kappa shape index (κ2) is 7.31. The molecule has 0 saturated heterocycles. The SMILES string of the molecule is CCCCC(C)C(=O)Nc1cc(S(=O)(=O)NC2CC2)ccc1O. The van der Waals surface area contributed by atoms with Crippen LogP contribution in [0.5, 0.6) is 5.75 Å². The summed E-state index contributed by atoms with van der Waals surface area (Å²) in [5, 5.41) is 12.5. The molecule has 1 aromatic carbocycles. The Morgan fingerprint density at radius 3 is 2.70 bits per heavy atom. The Balaban J connectivity index is 2.12. The smallest absolute Gasteiger partial charge is 0.240 e. The Labute approximate surface area is 137 Å². The molecule has 1 fully saturated rings. The molecular weight excluding hydrogens is 316 g/mol. The number of phenolic OH excluding ortho intramolecular Hbond substituents is 1. The number of benzene rings is 1. The van der Waals surface area contributed by atoms with Gasteiger partial charge < -0.3 is 10.4 Å². The van der Waals surface area contributed by atoms with Gasteiger partial charge in [0.05, 0.1) is 10.6 Å². The number of aromatic hydroxyl groups is 1. The van der Waals surface area contributed by atoms with Gasteiger partial charge in [0.15, 0.2) is 0 Å². The maximum Gasteiger partial charge on any atom is 0.240 e. The molecule has 1 aliphatic rings. The Bertz CT molecular complexity index is 669. The first-order valence-electron chi connectivity index (χ1n) is 7.99. The van der Waals surface area contributed by atoms with E-state index in [-0.39, 0.29) is 34.2 Å². The van der Waals surface area contributed by atoms with Gasteiger partial charge in [0, 0.05) is 12.0 Å². The van der Waals surface area contributed by atoms with Gasteiger partial charge in [-0.05, 0) is 37.5 Å². The summed E-state index contributed by atoms with van der Waals surface area (Å²) >= 11 is 0. The van der Waals surface area contributed by atoms with Crippen molar-refractivity contribution < 1.29 is 18.3 Å². The van der Waals surface area contributed by atoms with E-state index in [0.717, 1.165) is 32.1 Å². The van der Waals surface area contributed by atoms with Crippen LogP contribution in [0.4, 0.5) is 5.69 Å². The van der Waals surface area contributed by atoms with Crippen molar-refractivity contribution in [3.8, 4) is 5.75 Å². The van der Waals surface area contributed by atoms with Crippen molar-refractivity contribution in [2.24, 2.45) is 5.92 Å². The molecule has 1 aliphatic carbocycles. The standard InChI is InChI=1S/C16H24N2O4S/c1-3-4-5-11(2)16(20)17-14-10-13(8-9-15(14)19)23(21,22)18-12-6-7-12/h8-12,18-19H,3-7H2,1-2H3,(H,17,20). The molecule has 0 aliphatic heterocycles. The van der Waals surface area contributed by atoms with E-state index in [1.165, 1.54) is 18.2 Å². The summed E-state index contributed by atoms with van der Waals surface area (Å²) in [7, 11) is -3.62. The fourth-order valence-corrected chi connectivity index (χ4v) is 3.50. The van der Waals surface area contributed by atoms with Crippen molar-refractivity contribution in [1.82, 2.24) is 4.72 Å². The first kappa shape index (κ1) is 17.7. The van der Waals surface area contributed by atoms with Crippen LogP contribution in [0.25, 0.3) is 0 Å². The number of carbonyl (C=O) groups is 1. The van der Waals surface area contributed by atoms with Crippen LogP contribution in [0.2, 0.25) is 0 Å². The van der Waals surface area contributed by atoms with Gasteiger partial charge in [-0.2, -0.15) is 0 Å². The van der Waals surface area contributed by atoms with E-state index in [9.17, 15) is 18.3 Å². The summed E-state index contributed by atoms with van der Waals surface area (Å²) < 4.78 is 27.0. The minimum absolute atomic E-state index is 0.000843. The summed E-state index contributed by atoms with van der Waals surface area (Å²) in [6.07, 6.45) is 4.39. The number of sulfonamides is 1. The summed E-state index contributed by atoms with van der Waals surface area (Å²) in [5.41, 5.74) is 0.122. The van der Waals surface area contributed by atoms with Gasteiger partial charge in [0.25, 0.3) is 0 Å². The molecule has 2 rings (SSSR count). The van der Waals surface area contributed by atoms with Crippen LogP contribution in [0.1, 0.15) is 46.0 Å². The van der Waals surface area contributed by atoms with Gasteiger partial charge in [-0.25, -0.2) is 13.1 Å². The lowest BCUT2D eigenvalue weighted by Crippen LogP contribution is -2.26. The number of anilines is 1. The zero-order valence-electron chi connectivity index (χ0n) is 13.5. The molecule has 1 saturated carbocycles. The van der Waals surface area contributed by atoms with Crippen molar-refractivity contribution in [2.45, 2.75) is 56.9 Å². The summed E-state index contributed by atoms with van der Waals surface area (Å²) in [4.78, 5) is 12.2. The van der Waals surface area contributed by atoms with E-state index in [4.69, 9.17) is 0 Å². The molecule has 1 aromatic rings. The van der Waals surface area contributed by atoms with Crippen LogP contribution in [-0.4, -0.2) is 25.5 Å². The van der Waals surface area contributed by atoms with E-state index in [1.807, 2.05) is 6.92 Å². The zero-order chi connectivity index (χ0) is 17.0. The van der Waals surface area contributed by atoms with E-state index < -0.39 is 10.0 Å². The molecule has 1 amide bonds. The number of hydrogen-bond donors (Lipinski definition) is 3. The quantitative estimate of drug-likeness (QED) is 0.634. The second-order valence-electron chi connectivity index (χ2n) is 6.11. The maximum atomic E-state index is 12.2.